The van der Waals surface area contributed by atoms with Crippen LogP contribution in [-0.4, -0.2) is 15.9 Å². The van der Waals surface area contributed by atoms with Crippen LogP contribution in [0.15, 0.2) is 0 Å². The summed E-state index contributed by atoms with van der Waals surface area (Å²) in [5.41, 5.74) is 0. The average Bonchev–Trinajstić information content (AvgIpc) is 2.39. The van der Waals surface area contributed by atoms with Crippen molar-refractivity contribution in [3.05, 3.63) is 0 Å². The van der Waals surface area contributed by atoms with E-state index in [1.165, 1.54) is 51.4 Å². The molecule has 0 saturated heterocycles. The van der Waals surface area contributed by atoms with Crippen LogP contribution in [0.2, 0.25) is 0 Å². The molecule has 1 unspecified atom stereocenters. The molecule has 2 aliphatic carbocycles. The molecule has 0 aromatic heterocycles. The van der Waals surface area contributed by atoms with Crippen LogP contribution in [0, 0.1) is 11.8 Å². The molecule has 2 aliphatic rings. The predicted molar refractivity (Wildman–Crippen MR) is 74.7 cm³/mol. The van der Waals surface area contributed by atoms with Gasteiger partial charge in [0.15, 0.2) is 0 Å². The highest BCUT2D eigenvalue weighted by Crippen LogP contribution is 2.44. The van der Waals surface area contributed by atoms with E-state index < -0.39 is 7.82 Å². The lowest BCUT2D eigenvalue weighted by Crippen LogP contribution is -2.28. The molecule has 0 aliphatic heterocycles. The fourth-order valence-electron chi connectivity index (χ4n) is 3.76. The molecule has 0 aromatic carbocycles. The van der Waals surface area contributed by atoms with Gasteiger partial charge < -0.3 is 9.79 Å². The van der Waals surface area contributed by atoms with Crippen LogP contribution in [0.3, 0.4) is 0 Å². The second kappa shape index (κ2) is 7.21. The van der Waals surface area contributed by atoms with Crippen molar-refractivity contribution in [1.82, 2.24) is 0 Å². The first kappa shape index (κ1) is 15.5. The Morgan fingerprint density at radius 2 is 1.47 bits per heavy atom. The fourth-order valence-corrected chi connectivity index (χ4v) is 4.37. The molecule has 2 saturated carbocycles. The van der Waals surface area contributed by atoms with Crippen LogP contribution in [0.25, 0.3) is 0 Å². The van der Waals surface area contributed by atoms with E-state index in [0.29, 0.717) is 11.8 Å². The highest BCUT2D eigenvalue weighted by Gasteiger charge is 2.32. The largest absolute Gasteiger partial charge is 0.469 e. The number of phosphoric acid groups is 1. The molecular weight excluding hydrogens is 263 g/mol. The zero-order valence-corrected chi connectivity index (χ0v) is 12.6. The van der Waals surface area contributed by atoms with Gasteiger partial charge in [-0.3, -0.25) is 4.52 Å². The molecular formula is C14H27O4P. The molecule has 19 heavy (non-hydrogen) atoms. The normalized spacial score (nSPS) is 25.4. The molecule has 0 amide bonds. The summed E-state index contributed by atoms with van der Waals surface area (Å²) in [5, 5.41) is 0. The summed E-state index contributed by atoms with van der Waals surface area (Å²) in [6.07, 6.45) is 12.6. The number of hydrogen-bond donors (Lipinski definition) is 2. The fraction of sp³-hybridized carbons (Fsp3) is 1.00. The maximum atomic E-state index is 11.2. The van der Waals surface area contributed by atoms with Gasteiger partial charge >= 0.3 is 7.82 Å². The second-order valence-corrected chi connectivity index (χ2v) is 7.46. The lowest BCUT2D eigenvalue weighted by atomic mass is 9.78. The molecule has 2 fully saturated rings. The first-order chi connectivity index (χ1) is 9.04. The number of rotatable bonds is 5. The summed E-state index contributed by atoms with van der Waals surface area (Å²) in [6, 6.07) is 0. The Morgan fingerprint density at radius 3 is 2.00 bits per heavy atom. The Balaban J connectivity index is 1.93. The molecule has 2 rings (SSSR count). The molecule has 4 nitrogen and oxygen atoms in total. The molecule has 1 atom stereocenters. The summed E-state index contributed by atoms with van der Waals surface area (Å²) >= 11 is 0. The van der Waals surface area contributed by atoms with Crippen LogP contribution in [0.1, 0.15) is 70.6 Å². The summed E-state index contributed by atoms with van der Waals surface area (Å²) in [4.78, 5) is 18.3. The van der Waals surface area contributed by atoms with Crippen molar-refractivity contribution in [3.63, 3.8) is 0 Å². The minimum absolute atomic E-state index is 0.232. The van der Waals surface area contributed by atoms with Gasteiger partial charge in [0.2, 0.25) is 0 Å². The van der Waals surface area contributed by atoms with Crippen molar-refractivity contribution in [2.45, 2.75) is 76.7 Å². The van der Waals surface area contributed by atoms with Gasteiger partial charge in [0.05, 0.1) is 6.10 Å². The SMILES string of the molecule is O=P(O)(O)OC(CC1CCCCC1)C1CCCCC1. The van der Waals surface area contributed by atoms with Crippen LogP contribution >= 0.6 is 7.82 Å². The van der Waals surface area contributed by atoms with Crippen LogP contribution in [0.4, 0.5) is 0 Å². The van der Waals surface area contributed by atoms with Crippen LogP contribution in [0.5, 0.6) is 0 Å². The molecule has 0 heterocycles. The van der Waals surface area contributed by atoms with E-state index in [0.717, 1.165) is 19.3 Å². The quantitative estimate of drug-likeness (QED) is 0.751. The molecule has 0 spiro atoms. The van der Waals surface area contributed by atoms with E-state index >= 15 is 0 Å². The van der Waals surface area contributed by atoms with Gasteiger partial charge in [-0.1, -0.05) is 51.4 Å². The minimum atomic E-state index is -4.36. The number of phosphoric ester groups is 1. The third kappa shape index (κ3) is 5.55. The van der Waals surface area contributed by atoms with Gasteiger partial charge in [0.1, 0.15) is 0 Å². The maximum Gasteiger partial charge on any atom is 0.469 e. The third-order valence-corrected chi connectivity index (χ3v) is 5.28. The van der Waals surface area contributed by atoms with E-state index in [1.807, 2.05) is 0 Å². The van der Waals surface area contributed by atoms with Crippen molar-refractivity contribution >= 4 is 7.82 Å². The first-order valence-corrected chi connectivity index (χ1v) is 9.31. The van der Waals surface area contributed by atoms with Gasteiger partial charge in [-0.25, -0.2) is 4.57 Å². The molecule has 0 bridgehead atoms. The molecule has 112 valence electrons. The Hall–Kier alpha value is 0.110. The van der Waals surface area contributed by atoms with Crippen LogP contribution in [-0.2, 0) is 9.09 Å². The van der Waals surface area contributed by atoms with E-state index in [1.54, 1.807) is 0 Å². The summed E-state index contributed by atoms with van der Waals surface area (Å²) in [6.45, 7) is 0. The highest BCUT2D eigenvalue weighted by atomic mass is 31.2. The second-order valence-electron chi connectivity index (χ2n) is 6.27. The molecule has 0 radical (unpaired) electrons. The van der Waals surface area contributed by atoms with Gasteiger partial charge in [-0.2, -0.15) is 0 Å². The van der Waals surface area contributed by atoms with Gasteiger partial charge in [0, 0.05) is 0 Å². The Morgan fingerprint density at radius 1 is 0.947 bits per heavy atom. The zero-order valence-electron chi connectivity index (χ0n) is 11.7. The van der Waals surface area contributed by atoms with Crippen LogP contribution < -0.4 is 0 Å². The Labute approximate surface area is 116 Å². The first-order valence-electron chi connectivity index (χ1n) is 7.78. The van der Waals surface area contributed by atoms with Crippen molar-refractivity contribution in [2.24, 2.45) is 11.8 Å². The molecule has 5 heteroatoms. The average molecular weight is 290 g/mol. The van der Waals surface area contributed by atoms with Crippen molar-refractivity contribution in [3.8, 4) is 0 Å². The van der Waals surface area contributed by atoms with E-state index in [2.05, 4.69) is 0 Å². The van der Waals surface area contributed by atoms with E-state index in [4.69, 9.17) is 14.3 Å². The predicted octanol–water partition coefficient (Wildman–Crippen LogP) is 4.02. The maximum absolute atomic E-state index is 11.2. The standard InChI is InChI=1S/C14H27O4P/c15-19(16,17)18-14(13-9-5-2-6-10-13)11-12-7-3-1-4-8-12/h12-14H,1-11H2,(H2,15,16,17). The van der Waals surface area contributed by atoms with E-state index in [9.17, 15) is 4.57 Å². The lowest BCUT2D eigenvalue weighted by molar-refractivity contribution is 0.0482. The number of hydrogen-bond acceptors (Lipinski definition) is 2. The van der Waals surface area contributed by atoms with Crippen molar-refractivity contribution in [2.75, 3.05) is 0 Å². The molecule has 0 aromatic rings. The zero-order chi connectivity index (χ0) is 13.7. The third-order valence-electron chi connectivity index (χ3n) is 4.74. The van der Waals surface area contributed by atoms with Crippen molar-refractivity contribution in [1.29, 1.82) is 0 Å². The smallest absolute Gasteiger partial charge is 0.303 e. The van der Waals surface area contributed by atoms with Gasteiger partial charge in [-0.05, 0) is 31.1 Å². The van der Waals surface area contributed by atoms with Gasteiger partial charge in [0.25, 0.3) is 0 Å². The highest BCUT2D eigenvalue weighted by molar-refractivity contribution is 7.46. The monoisotopic (exact) mass is 290 g/mol. The van der Waals surface area contributed by atoms with Gasteiger partial charge in [-0.15, -0.1) is 0 Å². The van der Waals surface area contributed by atoms with E-state index in [-0.39, 0.29) is 6.10 Å². The molecule has 2 N–H and O–H groups in total. The Bertz CT molecular complexity index is 303. The lowest BCUT2D eigenvalue weighted by Gasteiger charge is -2.33. The topological polar surface area (TPSA) is 66.8 Å². The van der Waals surface area contributed by atoms with Crippen molar-refractivity contribution < 1.29 is 18.9 Å². The minimum Gasteiger partial charge on any atom is -0.303 e. The summed E-state index contributed by atoms with van der Waals surface area (Å²) < 4.78 is 16.3. The summed E-state index contributed by atoms with van der Waals surface area (Å²) in [5.74, 6) is 0.954. The Kier molecular flexibility index (Phi) is 5.88. The summed E-state index contributed by atoms with van der Waals surface area (Å²) in [7, 11) is -4.36.